The molecular weight excluding hydrogens is 300 g/mol. The summed E-state index contributed by atoms with van der Waals surface area (Å²) in [5, 5.41) is 6.31. The molecule has 2 unspecified atom stereocenters. The van der Waals surface area contributed by atoms with Gasteiger partial charge in [-0.1, -0.05) is 42.5 Å². The van der Waals surface area contributed by atoms with Gasteiger partial charge in [-0.25, -0.2) is 0 Å². The van der Waals surface area contributed by atoms with Crippen molar-refractivity contribution in [1.82, 2.24) is 5.32 Å². The van der Waals surface area contributed by atoms with E-state index in [0.717, 1.165) is 37.2 Å². The Morgan fingerprint density at radius 3 is 2.67 bits per heavy atom. The summed E-state index contributed by atoms with van der Waals surface area (Å²) in [6.07, 6.45) is 1.89. The standard InChI is InChI=1S/C20H24N2O2/c1-15(16-8-3-2-4-9-16)24-19-12-6-5-11-18(19)22-20(23)17-10-7-13-21-14-17/h2-6,8-9,11-12,15,17,21H,7,10,13-14H2,1H3,(H,22,23). The van der Waals surface area contributed by atoms with Crippen LogP contribution in [0.5, 0.6) is 5.75 Å². The van der Waals surface area contributed by atoms with Gasteiger partial charge in [-0.05, 0) is 44.0 Å². The first-order chi connectivity index (χ1) is 11.7. The molecule has 1 fully saturated rings. The number of hydrogen-bond donors (Lipinski definition) is 2. The van der Waals surface area contributed by atoms with Crippen LogP contribution in [0.1, 0.15) is 31.4 Å². The van der Waals surface area contributed by atoms with E-state index in [0.29, 0.717) is 5.75 Å². The number of rotatable bonds is 5. The number of ether oxygens (including phenoxy) is 1. The van der Waals surface area contributed by atoms with Crippen molar-refractivity contribution in [2.24, 2.45) is 5.92 Å². The second-order valence-electron chi connectivity index (χ2n) is 6.20. The molecule has 4 heteroatoms. The summed E-state index contributed by atoms with van der Waals surface area (Å²) in [5.41, 5.74) is 1.84. The van der Waals surface area contributed by atoms with Gasteiger partial charge in [-0.15, -0.1) is 0 Å². The van der Waals surface area contributed by atoms with Gasteiger partial charge < -0.3 is 15.4 Å². The topological polar surface area (TPSA) is 50.4 Å². The molecule has 1 heterocycles. The Hall–Kier alpha value is -2.33. The van der Waals surface area contributed by atoms with Gasteiger partial charge in [0.05, 0.1) is 11.6 Å². The fraction of sp³-hybridized carbons (Fsp3) is 0.350. The molecule has 0 radical (unpaired) electrons. The minimum Gasteiger partial charge on any atom is -0.484 e. The number of nitrogens with one attached hydrogen (secondary N) is 2. The zero-order valence-electron chi connectivity index (χ0n) is 14.0. The Morgan fingerprint density at radius 2 is 1.92 bits per heavy atom. The maximum Gasteiger partial charge on any atom is 0.228 e. The van der Waals surface area contributed by atoms with E-state index in [1.807, 2.05) is 61.5 Å². The van der Waals surface area contributed by atoms with Crippen LogP contribution >= 0.6 is 0 Å². The van der Waals surface area contributed by atoms with E-state index in [1.165, 1.54) is 0 Å². The predicted molar refractivity (Wildman–Crippen MR) is 96.2 cm³/mol. The molecule has 0 bridgehead atoms. The molecule has 126 valence electrons. The van der Waals surface area contributed by atoms with E-state index in [1.54, 1.807) is 0 Å². The molecule has 0 aromatic heterocycles. The van der Waals surface area contributed by atoms with Crippen LogP contribution in [0.15, 0.2) is 54.6 Å². The second-order valence-corrected chi connectivity index (χ2v) is 6.20. The summed E-state index contributed by atoms with van der Waals surface area (Å²) in [6.45, 7) is 3.76. The molecule has 4 nitrogen and oxygen atoms in total. The van der Waals surface area contributed by atoms with Crippen LogP contribution in [0, 0.1) is 5.92 Å². The van der Waals surface area contributed by atoms with Crippen molar-refractivity contribution in [2.75, 3.05) is 18.4 Å². The summed E-state index contributed by atoms with van der Waals surface area (Å²) >= 11 is 0. The summed E-state index contributed by atoms with van der Waals surface area (Å²) in [4.78, 5) is 12.5. The third-order valence-electron chi connectivity index (χ3n) is 4.39. The number of carbonyl (C=O) groups is 1. The van der Waals surface area contributed by atoms with Crippen molar-refractivity contribution in [3.63, 3.8) is 0 Å². The molecule has 3 rings (SSSR count). The minimum absolute atomic E-state index is 0.0263. The normalized spacial score (nSPS) is 18.6. The van der Waals surface area contributed by atoms with Gasteiger partial charge in [0, 0.05) is 6.54 Å². The van der Waals surface area contributed by atoms with E-state index in [9.17, 15) is 4.79 Å². The minimum atomic E-state index is -0.0828. The van der Waals surface area contributed by atoms with Crippen LogP contribution in [0.3, 0.4) is 0 Å². The monoisotopic (exact) mass is 324 g/mol. The Bertz CT molecular complexity index is 666. The third-order valence-corrected chi connectivity index (χ3v) is 4.39. The Labute approximate surface area is 143 Å². The largest absolute Gasteiger partial charge is 0.484 e. The van der Waals surface area contributed by atoms with E-state index < -0.39 is 0 Å². The molecule has 2 aromatic rings. The number of carbonyl (C=O) groups excluding carboxylic acids is 1. The fourth-order valence-electron chi connectivity index (χ4n) is 2.97. The third kappa shape index (κ3) is 4.15. The van der Waals surface area contributed by atoms with Crippen molar-refractivity contribution in [3.8, 4) is 5.75 Å². The van der Waals surface area contributed by atoms with E-state index in [2.05, 4.69) is 10.6 Å². The fourth-order valence-corrected chi connectivity index (χ4v) is 2.97. The van der Waals surface area contributed by atoms with Gasteiger partial charge in [0.2, 0.25) is 5.91 Å². The molecule has 1 aliphatic rings. The van der Waals surface area contributed by atoms with Crippen LogP contribution < -0.4 is 15.4 Å². The summed E-state index contributed by atoms with van der Waals surface area (Å²) in [7, 11) is 0. The number of amides is 1. The van der Waals surface area contributed by atoms with Crippen molar-refractivity contribution < 1.29 is 9.53 Å². The lowest BCUT2D eigenvalue weighted by atomic mass is 9.99. The van der Waals surface area contributed by atoms with Crippen LogP contribution in [0.2, 0.25) is 0 Å². The summed E-state index contributed by atoms with van der Waals surface area (Å²) in [6, 6.07) is 17.7. The molecule has 2 atom stereocenters. The van der Waals surface area contributed by atoms with Crippen molar-refractivity contribution in [3.05, 3.63) is 60.2 Å². The van der Waals surface area contributed by atoms with Gasteiger partial charge in [0.15, 0.2) is 0 Å². The van der Waals surface area contributed by atoms with Crippen molar-refractivity contribution in [1.29, 1.82) is 0 Å². The number of anilines is 1. The van der Waals surface area contributed by atoms with Crippen LogP contribution in [0.25, 0.3) is 0 Å². The van der Waals surface area contributed by atoms with Gasteiger partial charge in [0.1, 0.15) is 11.9 Å². The predicted octanol–water partition coefficient (Wildman–Crippen LogP) is 3.76. The molecule has 0 aliphatic carbocycles. The first kappa shape index (κ1) is 16.5. The maximum absolute atomic E-state index is 12.5. The maximum atomic E-state index is 12.5. The van der Waals surface area contributed by atoms with Crippen LogP contribution in [0.4, 0.5) is 5.69 Å². The number of benzene rings is 2. The Balaban J connectivity index is 1.69. The molecular formula is C20H24N2O2. The van der Waals surface area contributed by atoms with Gasteiger partial charge in [-0.2, -0.15) is 0 Å². The molecule has 1 saturated heterocycles. The Morgan fingerprint density at radius 1 is 1.17 bits per heavy atom. The zero-order valence-corrected chi connectivity index (χ0v) is 14.0. The van der Waals surface area contributed by atoms with Gasteiger partial charge >= 0.3 is 0 Å². The smallest absolute Gasteiger partial charge is 0.228 e. The number of piperidine rings is 1. The van der Waals surface area contributed by atoms with Crippen molar-refractivity contribution >= 4 is 11.6 Å². The quantitative estimate of drug-likeness (QED) is 0.880. The van der Waals surface area contributed by atoms with E-state index in [4.69, 9.17) is 4.74 Å². The van der Waals surface area contributed by atoms with Gasteiger partial charge in [0.25, 0.3) is 0 Å². The molecule has 24 heavy (non-hydrogen) atoms. The highest BCUT2D eigenvalue weighted by Gasteiger charge is 2.22. The second kappa shape index (κ2) is 7.97. The van der Waals surface area contributed by atoms with E-state index >= 15 is 0 Å². The van der Waals surface area contributed by atoms with Crippen LogP contribution in [-0.2, 0) is 4.79 Å². The molecule has 0 spiro atoms. The van der Waals surface area contributed by atoms with Crippen molar-refractivity contribution in [2.45, 2.75) is 25.9 Å². The molecule has 2 aromatic carbocycles. The Kier molecular flexibility index (Phi) is 5.49. The summed E-state index contributed by atoms with van der Waals surface area (Å²) in [5.74, 6) is 0.787. The number of para-hydroxylation sites is 2. The zero-order chi connectivity index (χ0) is 16.8. The highest BCUT2D eigenvalue weighted by Crippen LogP contribution is 2.29. The highest BCUT2D eigenvalue weighted by molar-refractivity contribution is 5.94. The van der Waals surface area contributed by atoms with E-state index in [-0.39, 0.29) is 17.9 Å². The SMILES string of the molecule is CC(Oc1ccccc1NC(=O)C1CCCNC1)c1ccccc1. The van der Waals surface area contributed by atoms with Crippen LogP contribution in [-0.4, -0.2) is 19.0 Å². The highest BCUT2D eigenvalue weighted by atomic mass is 16.5. The molecule has 1 amide bonds. The first-order valence-electron chi connectivity index (χ1n) is 8.56. The molecule has 1 aliphatic heterocycles. The average molecular weight is 324 g/mol. The number of hydrogen-bond acceptors (Lipinski definition) is 3. The molecule has 0 saturated carbocycles. The summed E-state index contributed by atoms with van der Waals surface area (Å²) < 4.78 is 6.09. The lowest BCUT2D eigenvalue weighted by Gasteiger charge is -2.23. The lowest BCUT2D eigenvalue weighted by molar-refractivity contribution is -0.120. The average Bonchev–Trinajstić information content (AvgIpc) is 2.64. The first-order valence-corrected chi connectivity index (χ1v) is 8.56. The lowest BCUT2D eigenvalue weighted by Crippen LogP contribution is -2.37. The van der Waals surface area contributed by atoms with Gasteiger partial charge in [-0.3, -0.25) is 4.79 Å². The molecule has 2 N–H and O–H groups in total.